The van der Waals surface area contributed by atoms with Crippen LogP contribution in [0.15, 0.2) is 18.2 Å². The molecule has 5 atom stereocenters. The minimum atomic E-state index is -1.06. The van der Waals surface area contributed by atoms with Crippen molar-refractivity contribution in [3.05, 3.63) is 28.8 Å². The van der Waals surface area contributed by atoms with Crippen LogP contribution in [0.1, 0.15) is 56.8 Å². The molecule has 2 saturated heterocycles. The van der Waals surface area contributed by atoms with Crippen molar-refractivity contribution in [3.63, 3.8) is 0 Å². The zero-order valence-electron chi connectivity index (χ0n) is 20.7. The first-order valence-electron chi connectivity index (χ1n) is 12.3. The van der Waals surface area contributed by atoms with Crippen molar-refractivity contribution < 1.29 is 28.7 Å². The van der Waals surface area contributed by atoms with E-state index in [1.54, 1.807) is 17.9 Å². The lowest BCUT2D eigenvalue weighted by Crippen LogP contribution is -2.63. The monoisotopic (exact) mass is 520 g/mol. The van der Waals surface area contributed by atoms with Crippen molar-refractivity contribution in [2.24, 2.45) is 11.8 Å². The number of nitrogen functional groups attached to an aromatic ring is 1. The van der Waals surface area contributed by atoms with Gasteiger partial charge in [-0.2, -0.15) is 0 Å². The van der Waals surface area contributed by atoms with Crippen LogP contribution in [-0.2, 0) is 23.9 Å². The fourth-order valence-electron chi connectivity index (χ4n) is 5.45. The molecule has 1 aromatic rings. The summed E-state index contributed by atoms with van der Waals surface area (Å²) in [4.78, 5) is 53.8. The van der Waals surface area contributed by atoms with Crippen LogP contribution in [0.5, 0.6) is 0 Å². The Morgan fingerprint density at radius 3 is 2.72 bits per heavy atom. The molecule has 0 aromatic heterocycles. The fourth-order valence-corrected chi connectivity index (χ4v) is 5.63. The molecule has 2 aliphatic heterocycles. The van der Waals surface area contributed by atoms with Gasteiger partial charge in [-0.1, -0.05) is 25.4 Å². The van der Waals surface area contributed by atoms with E-state index in [1.165, 1.54) is 12.1 Å². The minimum absolute atomic E-state index is 0.0632. The third-order valence-electron chi connectivity index (χ3n) is 7.34. The standard InChI is InChI=1S/C25H33ClN4O6/c1-4-35-18-10-19(31)36-22(18)29-24(34)25-8-7-14(11-25)12-30(25)23(33)20(13(2)3)28-21(32)15-5-6-17(27)16(26)9-15/h5-6,9,13-14,18,20,22H,4,7-8,10-12,27H2,1-3H3,(H,28,32)(H,29,34)/t14-,18+,20+,22-,25+/m1/s1. The summed E-state index contributed by atoms with van der Waals surface area (Å²) in [6, 6.07) is 3.69. The zero-order chi connectivity index (χ0) is 26.2. The molecule has 1 aliphatic carbocycles. The highest BCUT2D eigenvalue weighted by Crippen LogP contribution is 2.47. The summed E-state index contributed by atoms with van der Waals surface area (Å²) in [5.74, 6) is -1.62. The summed E-state index contributed by atoms with van der Waals surface area (Å²) in [7, 11) is 0. The summed E-state index contributed by atoms with van der Waals surface area (Å²) in [5.41, 5.74) is 5.32. The second kappa shape index (κ2) is 10.3. The molecule has 3 amide bonds. The SMILES string of the molecule is CCO[C@H]1CC(=O)O[C@H]1NC(=O)[C@@]12CC[C@@H](CN1C(=O)[C@@H](NC(=O)c1ccc(N)c(Cl)c1)C(C)C)C2. The Bertz CT molecular complexity index is 1060. The summed E-state index contributed by atoms with van der Waals surface area (Å²) in [6.07, 6.45) is 0.442. The van der Waals surface area contributed by atoms with Gasteiger partial charge in [-0.15, -0.1) is 0 Å². The normalized spacial score (nSPS) is 27.8. The molecular formula is C25H33ClN4O6. The quantitative estimate of drug-likeness (QED) is 0.351. The lowest BCUT2D eigenvalue weighted by molar-refractivity contribution is -0.153. The molecule has 196 valence electrons. The number of halogens is 1. The van der Waals surface area contributed by atoms with Gasteiger partial charge in [-0.3, -0.25) is 19.2 Å². The first kappa shape index (κ1) is 26.2. The molecule has 4 N–H and O–H groups in total. The van der Waals surface area contributed by atoms with Crippen LogP contribution in [0, 0.1) is 11.8 Å². The summed E-state index contributed by atoms with van der Waals surface area (Å²) in [6.45, 7) is 6.28. The average Bonchev–Trinajstić information content (AvgIpc) is 3.52. The van der Waals surface area contributed by atoms with E-state index in [9.17, 15) is 19.2 Å². The highest BCUT2D eigenvalue weighted by molar-refractivity contribution is 6.33. The van der Waals surface area contributed by atoms with E-state index in [-0.39, 0.29) is 40.7 Å². The van der Waals surface area contributed by atoms with Crippen molar-refractivity contribution >= 4 is 41.0 Å². The number of rotatable bonds is 8. The topological polar surface area (TPSA) is 140 Å². The number of nitrogens with one attached hydrogen (secondary N) is 2. The Morgan fingerprint density at radius 1 is 1.33 bits per heavy atom. The van der Waals surface area contributed by atoms with E-state index in [0.29, 0.717) is 31.7 Å². The molecule has 11 heteroatoms. The van der Waals surface area contributed by atoms with Crippen LogP contribution in [0.3, 0.4) is 0 Å². The van der Waals surface area contributed by atoms with Crippen molar-refractivity contribution in [1.82, 2.24) is 15.5 Å². The van der Waals surface area contributed by atoms with Gasteiger partial charge in [0.15, 0.2) is 0 Å². The number of carbonyl (C=O) groups excluding carboxylic acids is 4. The number of nitrogens with two attached hydrogens (primary N) is 1. The van der Waals surface area contributed by atoms with Crippen LogP contribution >= 0.6 is 11.6 Å². The number of esters is 1. The third-order valence-corrected chi connectivity index (χ3v) is 7.67. The number of carbonyl (C=O) groups is 4. The minimum Gasteiger partial charge on any atom is -0.439 e. The molecule has 10 nitrogen and oxygen atoms in total. The van der Waals surface area contributed by atoms with E-state index in [2.05, 4.69) is 10.6 Å². The second-order valence-corrected chi connectivity index (χ2v) is 10.5. The third kappa shape index (κ3) is 4.88. The van der Waals surface area contributed by atoms with Gasteiger partial charge in [0.05, 0.1) is 17.1 Å². The summed E-state index contributed by atoms with van der Waals surface area (Å²) < 4.78 is 10.9. The van der Waals surface area contributed by atoms with Gasteiger partial charge in [0.2, 0.25) is 18.0 Å². The molecule has 2 heterocycles. The number of benzene rings is 1. The van der Waals surface area contributed by atoms with E-state index in [1.807, 2.05) is 13.8 Å². The molecule has 2 bridgehead atoms. The highest BCUT2D eigenvalue weighted by Gasteiger charge is 2.59. The van der Waals surface area contributed by atoms with Gasteiger partial charge in [0.1, 0.15) is 17.7 Å². The fraction of sp³-hybridized carbons (Fsp3) is 0.600. The molecule has 3 aliphatic rings. The van der Waals surface area contributed by atoms with Gasteiger partial charge < -0.3 is 30.7 Å². The van der Waals surface area contributed by atoms with Gasteiger partial charge >= 0.3 is 5.97 Å². The lowest BCUT2D eigenvalue weighted by Gasteiger charge is -2.40. The Kier molecular flexibility index (Phi) is 7.47. The second-order valence-electron chi connectivity index (χ2n) is 10.1. The zero-order valence-corrected chi connectivity index (χ0v) is 21.5. The number of cyclic esters (lactones) is 1. The van der Waals surface area contributed by atoms with Crippen LogP contribution in [0.2, 0.25) is 5.02 Å². The first-order valence-corrected chi connectivity index (χ1v) is 12.7. The van der Waals surface area contributed by atoms with E-state index in [4.69, 9.17) is 26.8 Å². The van der Waals surface area contributed by atoms with E-state index >= 15 is 0 Å². The van der Waals surface area contributed by atoms with E-state index in [0.717, 1.165) is 6.42 Å². The number of hydrogen-bond acceptors (Lipinski definition) is 7. The summed E-state index contributed by atoms with van der Waals surface area (Å²) >= 11 is 6.06. The first-order chi connectivity index (χ1) is 17.1. The van der Waals surface area contributed by atoms with Gasteiger partial charge in [-0.05, 0) is 56.2 Å². The molecule has 4 rings (SSSR count). The van der Waals surface area contributed by atoms with Crippen molar-refractivity contribution in [3.8, 4) is 0 Å². The van der Waals surface area contributed by atoms with Crippen LogP contribution in [-0.4, -0.2) is 65.7 Å². The molecule has 1 saturated carbocycles. The highest BCUT2D eigenvalue weighted by atomic mass is 35.5. The number of ether oxygens (including phenoxy) is 2. The number of anilines is 1. The largest absolute Gasteiger partial charge is 0.439 e. The molecular weight excluding hydrogens is 488 g/mol. The predicted octanol–water partition coefficient (Wildman–Crippen LogP) is 1.85. The number of likely N-dealkylation sites (tertiary alicyclic amines) is 1. The Morgan fingerprint density at radius 2 is 2.08 bits per heavy atom. The smallest absolute Gasteiger partial charge is 0.310 e. The maximum Gasteiger partial charge on any atom is 0.310 e. The number of amides is 3. The molecule has 0 spiro atoms. The number of piperidine rings is 1. The molecule has 0 unspecified atom stereocenters. The van der Waals surface area contributed by atoms with Crippen molar-refractivity contribution in [2.75, 3.05) is 18.9 Å². The van der Waals surface area contributed by atoms with Crippen molar-refractivity contribution in [2.45, 2.75) is 70.4 Å². The van der Waals surface area contributed by atoms with Crippen LogP contribution in [0.25, 0.3) is 0 Å². The number of hydrogen-bond donors (Lipinski definition) is 3. The molecule has 36 heavy (non-hydrogen) atoms. The number of nitrogens with zero attached hydrogens (tertiary/aromatic N) is 1. The van der Waals surface area contributed by atoms with Crippen molar-refractivity contribution in [1.29, 1.82) is 0 Å². The molecule has 1 aromatic carbocycles. The molecule has 3 fully saturated rings. The number of fused-ring (bicyclic) bond motifs is 2. The van der Waals surface area contributed by atoms with Crippen LogP contribution in [0.4, 0.5) is 5.69 Å². The Labute approximate surface area is 215 Å². The summed E-state index contributed by atoms with van der Waals surface area (Å²) in [5, 5.41) is 5.90. The maximum absolute atomic E-state index is 13.8. The average molecular weight is 521 g/mol. The van der Waals surface area contributed by atoms with Gasteiger partial charge in [0, 0.05) is 18.7 Å². The molecule has 0 radical (unpaired) electrons. The van der Waals surface area contributed by atoms with E-state index < -0.39 is 35.8 Å². The van der Waals surface area contributed by atoms with Crippen LogP contribution < -0.4 is 16.4 Å². The maximum atomic E-state index is 13.8. The Balaban J connectivity index is 1.52. The van der Waals surface area contributed by atoms with Gasteiger partial charge in [0.25, 0.3) is 5.91 Å². The lowest BCUT2D eigenvalue weighted by atomic mass is 9.92. The van der Waals surface area contributed by atoms with Gasteiger partial charge in [-0.25, -0.2) is 0 Å². The predicted molar refractivity (Wildman–Crippen MR) is 132 cm³/mol. The Hall–Kier alpha value is -2.85.